The van der Waals surface area contributed by atoms with Crippen LogP contribution in [0.4, 0.5) is 0 Å². The normalized spacial score (nSPS) is 10.7. The monoisotopic (exact) mass is 372 g/mol. The molecule has 6 heteroatoms. The van der Waals surface area contributed by atoms with Crippen LogP contribution in [0.5, 0.6) is 0 Å². The van der Waals surface area contributed by atoms with Gasteiger partial charge >= 0.3 is 5.97 Å². The molecule has 0 N–H and O–H groups in total. The average molecular weight is 373 g/mol. The number of carbonyl (C=O) groups is 1. The van der Waals surface area contributed by atoms with Gasteiger partial charge < -0.3 is 4.74 Å². The van der Waals surface area contributed by atoms with Crippen LogP contribution in [-0.2, 0) is 11.3 Å². The molecule has 0 aliphatic rings. The van der Waals surface area contributed by atoms with Gasteiger partial charge in [0.2, 0.25) is 0 Å². The number of nitrogens with zero attached hydrogens (tertiary/aromatic N) is 2. The summed E-state index contributed by atoms with van der Waals surface area (Å²) < 4.78 is 7.34. The first-order chi connectivity index (χ1) is 11.2. The van der Waals surface area contributed by atoms with Crippen LogP contribution in [0, 0.1) is 0 Å². The minimum absolute atomic E-state index is 0.0973. The number of esters is 1. The Kier molecular flexibility index (Phi) is 4.52. The van der Waals surface area contributed by atoms with Crippen LogP contribution in [0.25, 0.3) is 10.9 Å². The number of carbonyl (C=O) groups excluding carboxylic acids is 1. The first-order valence-corrected chi connectivity index (χ1v) is 7.82. The molecule has 0 bridgehead atoms. The fourth-order valence-corrected chi connectivity index (χ4v) is 2.65. The van der Waals surface area contributed by atoms with E-state index in [9.17, 15) is 9.59 Å². The molecule has 0 saturated heterocycles. The van der Waals surface area contributed by atoms with E-state index >= 15 is 0 Å². The maximum Gasteiger partial charge on any atom is 0.339 e. The van der Waals surface area contributed by atoms with E-state index in [1.807, 2.05) is 12.1 Å². The van der Waals surface area contributed by atoms with Gasteiger partial charge in [-0.3, -0.25) is 9.36 Å². The second kappa shape index (κ2) is 6.75. The zero-order valence-corrected chi connectivity index (χ0v) is 13.7. The molecular formula is C17H13BrN2O3. The predicted octanol–water partition coefficient (Wildman–Crippen LogP) is 3.02. The van der Waals surface area contributed by atoms with Crippen molar-refractivity contribution in [2.24, 2.45) is 0 Å². The molecule has 0 radical (unpaired) electrons. The van der Waals surface area contributed by atoms with Gasteiger partial charge in [0.05, 0.1) is 29.3 Å². The highest BCUT2D eigenvalue weighted by atomic mass is 79.9. The third-order valence-corrected chi connectivity index (χ3v) is 4.08. The van der Waals surface area contributed by atoms with Crippen LogP contribution >= 0.6 is 15.9 Å². The van der Waals surface area contributed by atoms with E-state index in [4.69, 9.17) is 4.74 Å². The number of hydrogen-bond donors (Lipinski definition) is 0. The summed E-state index contributed by atoms with van der Waals surface area (Å²) in [4.78, 5) is 28.5. The second-order valence-electron chi connectivity index (χ2n) is 4.88. The van der Waals surface area contributed by atoms with Crippen LogP contribution < -0.4 is 5.56 Å². The zero-order valence-electron chi connectivity index (χ0n) is 12.1. The van der Waals surface area contributed by atoms with Crippen molar-refractivity contribution in [3.05, 3.63) is 75.2 Å². The highest BCUT2D eigenvalue weighted by Gasteiger charge is 2.11. The number of ether oxygens (including phenoxy) is 1. The van der Waals surface area contributed by atoms with Gasteiger partial charge in [-0.2, -0.15) is 0 Å². The lowest BCUT2D eigenvalue weighted by atomic mass is 10.2. The summed E-state index contributed by atoms with van der Waals surface area (Å²) in [6, 6.07) is 14.2. The lowest BCUT2D eigenvalue weighted by Gasteiger charge is -2.08. The van der Waals surface area contributed by atoms with Gasteiger partial charge in [-0.1, -0.05) is 24.3 Å². The molecule has 0 fully saturated rings. The molecular weight excluding hydrogens is 360 g/mol. The number of aromatic nitrogens is 2. The zero-order chi connectivity index (χ0) is 16.2. The fourth-order valence-electron chi connectivity index (χ4n) is 2.21. The lowest BCUT2D eigenvalue weighted by molar-refractivity contribution is 0.0489. The summed E-state index contributed by atoms with van der Waals surface area (Å²) in [5.74, 6) is -0.431. The Bertz CT molecular complexity index is 921. The topological polar surface area (TPSA) is 61.2 Å². The van der Waals surface area contributed by atoms with Crippen molar-refractivity contribution in [1.82, 2.24) is 9.55 Å². The third kappa shape index (κ3) is 3.32. The lowest BCUT2D eigenvalue weighted by Crippen LogP contribution is -2.23. The molecule has 0 aliphatic carbocycles. The molecule has 23 heavy (non-hydrogen) atoms. The van der Waals surface area contributed by atoms with Crippen LogP contribution in [0.2, 0.25) is 0 Å². The maximum absolute atomic E-state index is 12.3. The van der Waals surface area contributed by atoms with Crippen molar-refractivity contribution in [2.75, 3.05) is 6.61 Å². The summed E-state index contributed by atoms with van der Waals surface area (Å²) in [7, 11) is 0. The summed E-state index contributed by atoms with van der Waals surface area (Å²) in [5.41, 5.74) is 0.961. The number of halogens is 1. The van der Waals surface area contributed by atoms with Crippen LogP contribution in [0.3, 0.4) is 0 Å². The minimum Gasteiger partial charge on any atom is -0.460 e. The van der Waals surface area contributed by atoms with E-state index in [0.29, 0.717) is 20.9 Å². The molecule has 0 unspecified atom stereocenters. The van der Waals surface area contributed by atoms with Crippen LogP contribution in [0.1, 0.15) is 10.4 Å². The molecule has 2 aromatic carbocycles. The molecule has 1 heterocycles. The molecule has 5 nitrogen and oxygen atoms in total. The molecule has 3 rings (SSSR count). The molecule has 3 aromatic rings. The van der Waals surface area contributed by atoms with E-state index in [2.05, 4.69) is 20.9 Å². The molecule has 0 atom stereocenters. The first-order valence-electron chi connectivity index (χ1n) is 7.02. The van der Waals surface area contributed by atoms with E-state index in [1.54, 1.807) is 36.4 Å². The van der Waals surface area contributed by atoms with Gasteiger partial charge in [-0.15, -0.1) is 0 Å². The predicted molar refractivity (Wildman–Crippen MR) is 90.4 cm³/mol. The number of hydrogen-bond acceptors (Lipinski definition) is 4. The van der Waals surface area contributed by atoms with Crippen molar-refractivity contribution in [1.29, 1.82) is 0 Å². The van der Waals surface area contributed by atoms with Gasteiger partial charge in [0.25, 0.3) is 5.56 Å². The third-order valence-electron chi connectivity index (χ3n) is 3.39. The smallest absolute Gasteiger partial charge is 0.339 e. The van der Waals surface area contributed by atoms with Crippen molar-refractivity contribution in [2.45, 2.75) is 6.54 Å². The molecule has 0 spiro atoms. The molecule has 0 amide bonds. The largest absolute Gasteiger partial charge is 0.460 e. The fraction of sp³-hybridized carbons (Fsp3) is 0.118. The second-order valence-corrected chi connectivity index (χ2v) is 5.73. The number of para-hydroxylation sites is 1. The average Bonchev–Trinajstić information content (AvgIpc) is 2.57. The molecule has 116 valence electrons. The Morgan fingerprint density at radius 1 is 1.13 bits per heavy atom. The van der Waals surface area contributed by atoms with E-state index < -0.39 is 5.97 Å². The van der Waals surface area contributed by atoms with Crippen molar-refractivity contribution >= 4 is 32.8 Å². The van der Waals surface area contributed by atoms with Gasteiger partial charge in [0.1, 0.15) is 6.61 Å². The van der Waals surface area contributed by atoms with Crippen LogP contribution in [0.15, 0.2) is 64.1 Å². The maximum atomic E-state index is 12.3. The summed E-state index contributed by atoms with van der Waals surface area (Å²) in [6.45, 7) is 0.354. The number of fused-ring (bicyclic) bond motifs is 1. The Morgan fingerprint density at radius 3 is 2.70 bits per heavy atom. The quantitative estimate of drug-likeness (QED) is 0.660. The van der Waals surface area contributed by atoms with Gasteiger partial charge in [0, 0.05) is 4.47 Å². The standard InChI is InChI=1S/C17H13BrN2O3/c18-14-7-3-1-5-12(14)17(22)23-10-9-20-11-19-15-8-4-2-6-13(15)16(20)21/h1-8,11H,9-10H2. The number of benzene rings is 2. The summed E-state index contributed by atoms with van der Waals surface area (Å²) in [6.07, 6.45) is 1.47. The van der Waals surface area contributed by atoms with Gasteiger partial charge in [-0.25, -0.2) is 9.78 Å². The van der Waals surface area contributed by atoms with E-state index in [1.165, 1.54) is 10.9 Å². The SMILES string of the molecule is O=C(OCCn1cnc2ccccc2c1=O)c1ccccc1Br. The Hall–Kier alpha value is -2.47. The van der Waals surface area contributed by atoms with E-state index in [-0.39, 0.29) is 18.7 Å². The summed E-state index contributed by atoms with van der Waals surface area (Å²) in [5, 5.41) is 0.548. The van der Waals surface area contributed by atoms with Gasteiger partial charge in [-0.05, 0) is 40.2 Å². The highest BCUT2D eigenvalue weighted by Crippen LogP contribution is 2.16. The number of rotatable bonds is 4. The molecule has 0 saturated carbocycles. The Balaban J connectivity index is 1.70. The van der Waals surface area contributed by atoms with E-state index in [0.717, 1.165) is 0 Å². The van der Waals surface area contributed by atoms with Crippen LogP contribution in [-0.4, -0.2) is 22.1 Å². The van der Waals surface area contributed by atoms with Crippen molar-refractivity contribution in [3.8, 4) is 0 Å². The Morgan fingerprint density at radius 2 is 1.87 bits per heavy atom. The van der Waals surface area contributed by atoms with Crippen molar-refractivity contribution in [3.63, 3.8) is 0 Å². The molecule has 1 aromatic heterocycles. The van der Waals surface area contributed by atoms with Crippen molar-refractivity contribution < 1.29 is 9.53 Å². The molecule has 0 aliphatic heterocycles. The minimum atomic E-state index is -0.431. The highest BCUT2D eigenvalue weighted by molar-refractivity contribution is 9.10. The van der Waals surface area contributed by atoms with Gasteiger partial charge in [0.15, 0.2) is 0 Å². The Labute approximate surface area is 140 Å². The first kappa shape index (κ1) is 15.4. The summed E-state index contributed by atoms with van der Waals surface area (Å²) >= 11 is 3.31.